The van der Waals surface area contributed by atoms with Crippen molar-refractivity contribution in [3.05, 3.63) is 17.8 Å². The molecule has 0 bridgehead atoms. The lowest BCUT2D eigenvalue weighted by Crippen LogP contribution is -2.23. The van der Waals surface area contributed by atoms with Crippen LogP contribution in [0.3, 0.4) is 0 Å². The molecule has 0 aromatic carbocycles. The van der Waals surface area contributed by atoms with Crippen molar-refractivity contribution >= 4 is 15.8 Å². The van der Waals surface area contributed by atoms with E-state index in [4.69, 9.17) is 5.73 Å². The maximum absolute atomic E-state index is 11.7. The summed E-state index contributed by atoms with van der Waals surface area (Å²) in [6, 6.07) is 1.37. The molecule has 6 heteroatoms. The van der Waals surface area contributed by atoms with Gasteiger partial charge in [-0.05, 0) is 12.5 Å². The number of aromatic nitrogens is 1. The third kappa shape index (κ3) is 1.85. The second-order valence-corrected chi connectivity index (χ2v) is 5.28. The van der Waals surface area contributed by atoms with Gasteiger partial charge in [0.2, 0.25) is 10.0 Å². The van der Waals surface area contributed by atoms with Crippen LogP contribution in [0.15, 0.2) is 17.2 Å². The molecule has 0 unspecified atom stereocenters. The minimum absolute atomic E-state index is 0.204. The highest BCUT2D eigenvalue weighted by Crippen LogP contribution is 2.18. The molecule has 0 saturated heterocycles. The fourth-order valence-electron chi connectivity index (χ4n) is 0.995. The Balaban J connectivity index is 3.40. The summed E-state index contributed by atoms with van der Waals surface area (Å²) in [6.07, 6.45) is 1.45. The highest BCUT2D eigenvalue weighted by atomic mass is 32.2. The largest absolute Gasteiger partial charge is 0.384 e. The molecule has 14 heavy (non-hydrogen) atoms. The molecule has 0 aliphatic rings. The van der Waals surface area contributed by atoms with E-state index in [1.165, 1.54) is 26.4 Å². The fraction of sp³-hybridized carbons (Fsp3) is 0.375. The van der Waals surface area contributed by atoms with Crippen LogP contribution < -0.4 is 5.73 Å². The highest BCUT2D eigenvalue weighted by molar-refractivity contribution is 7.89. The van der Waals surface area contributed by atoms with E-state index in [9.17, 15) is 8.42 Å². The number of sulfonamides is 1. The number of hydrogen-bond donors (Lipinski definition) is 1. The molecule has 1 aromatic rings. The van der Waals surface area contributed by atoms with Gasteiger partial charge in [0.1, 0.15) is 5.82 Å². The Morgan fingerprint density at radius 2 is 2.00 bits per heavy atom. The summed E-state index contributed by atoms with van der Waals surface area (Å²) in [7, 11) is -0.462. The fourth-order valence-corrected chi connectivity index (χ4v) is 2.12. The molecule has 0 amide bonds. The van der Waals surface area contributed by atoms with Crippen LogP contribution in [0.4, 0.5) is 5.82 Å². The number of aryl methyl sites for hydroxylation is 1. The summed E-state index contributed by atoms with van der Waals surface area (Å²) < 4.78 is 24.6. The summed E-state index contributed by atoms with van der Waals surface area (Å²) in [5, 5.41) is 0. The Bertz CT molecular complexity index is 440. The minimum Gasteiger partial charge on any atom is -0.384 e. The lowest BCUT2D eigenvalue weighted by atomic mass is 10.3. The lowest BCUT2D eigenvalue weighted by molar-refractivity contribution is 0.520. The molecule has 0 radical (unpaired) electrons. The first-order chi connectivity index (χ1) is 6.35. The van der Waals surface area contributed by atoms with Gasteiger partial charge in [-0.2, -0.15) is 0 Å². The number of rotatable bonds is 2. The maximum atomic E-state index is 11.7. The van der Waals surface area contributed by atoms with E-state index in [2.05, 4.69) is 4.98 Å². The Morgan fingerprint density at radius 1 is 1.43 bits per heavy atom. The average molecular weight is 215 g/mol. The van der Waals surface area contributed by atoms with Gasteiger partial charge in [0, 0.05) is 26.4 Å². The van der Waals surface area contributed by atoms with Crippen molar-refractivity contribution in [1.29, 1.82) is 0 Å². The Kier molecular flexibility index (Phi) is 2.77. The van der Waals surface area contributed by atoms with E-state index in [0.29, 0.717) is 5.56 Å². The first-order valence-corrected chi connectivity index (χ1v) is 5.44. The van der Waals surface area contributed by atoms with Crippen molar-refractivity contribution in [2.75, 3.05) is 19.8 Å². The van der Waals surface area contributed by atoms with Gasteiger partial charge in [-0.15, -0.1) is 0 Å². The molecule has 5 nitrogen and oxygen atoms in total. The molecule has 1 aromatic heterocycles. The predicted octanol–water partition coefficient (Wildman–Crippen LogP) is 0.223. The second-order valence-electron chi connectivity index (χ2n) is 3.16. The Labute approximate surface area is 83.6 Å². The van der Waals surface area contributed by atoms with Crippen LogP contribution in [0.5, 0.6) is 0 Å². The molecule has 2 N–H and O–H groups in total. The number of anilines is 1. The van der Waals surface area contributed by atoms with Gasteiger partial charge >= 0.3 is 0 Å². The Morgan fingerprint density at radius 3 is 2.50 bits per heavy atom. The zero-order chi connectivity index (χ0) is 10.9. The predicted molar refractivity (Wildman–Crippen MR) is 54.3 cm³/mol. The van der Waals surface area contributed by atoms with Gasteiger partial charge in [-0.3, -0.25) is 0 Å². The van der Waals surface area contributed by atoms with Crippen LogP contribution in [0.25, 0.3) is 0 Å². The van der Waals surface area contributed by atoms with Gasteiger partial charge in [0.05, 0.1) is 4.90 Å². The van der Waals surface area contributed by atoms with Crippen molar-refractivity contribution in [2.24, 2.45) is 0 Å². The summed E-state index contributed by atoms with van der Waals surface area (Å²) in [6.45, 7) is 1.68. The zero-order valence-corrected chi connectivity index (χ0v) is 9.17. The molecular weight excluding hydrogens is 202 g/mol. The second kappa shape index (κ2) is 3.55. The molecule has 0 fully saturated rings. The van der Waals surface area contributed by atoms with E-state index in [-0.39, 0.29) is 10.7 Å². The monoisotopic (exact) mass is 215 g/mol. The quantitative estimate of drug-likeness (QED) is 0.765. The van der Waals surface area contributed by atoms with Crippen LogP contribution in [0.1, 0.15) is 5.56 Å². The molecular formula is C8H13N3O2S. The van der Waals surface area contributed by atoms with Crippen LogP contribution in [0, 0.1) is 6.92 Å². The molecule has 0 saturated carbocycles. The van der Waals surface area contributed by atoms with Gasteiger partial charge in [0.15, 0.2) is 0 Å². The number of pyridine rings is 1. The first kappa shape index (κ1) is 10.9. The van der Waals surface area contributed by atoms with E-state index in [1.54, 1.807) is 6.92 Å². The first-order valence-electron chi connectivity index (χ1n) is 4.00. The topological polar surface area (TPSA) is 76.3 Å². The lowest BCUT2D eigenvalue weighted by Gasteiger charge is -2.13. The normalized spacial score (nSPS) is 12.0. The van der Waals surface area contributed by atoms with E-state index in [0.717, 1.165) is 4.31 Å². The molecule has 1 heterocycles. The van der Waals surface area contributed by atoms with Gasteiger partial charge in [-0.1, -0.05) is 0 Å². The highest BCUT2D eigenvalue weighted by Gasteiger charge is 2.19. The molecule has 0 aliphatic heterocycles. The SMILES string of the molecule is Cc1cnc(N)cc1S(=O)(=O)N(C)C. The van der Waals surface area contributed by atoms with Crippen molar-refractivity contribution in [1.82, 2.24) is 9.29 Å². The maximum Gasteiger partial charge on any atom is 0.243 e. The van der Waals surface area contributed by atoms with Crippen LogP contribution in [-0.2, 0) is 10.0 Å². The number of nitrogens with zero attached hydrogens (tertiary/aromatic N) is 2. The standard InChI is InChI=1S/C8H13N3O2S/c1-6-5-10-8(9)4-7(6)14(12,13)11(2)3/h4-5H,1-3H3,(H2,9,10). The smallest absolute Gasteiger partial charge is 0.243 e. The van der Waals surface area contributed by atoms with Crippen molar-refractivity contribution in [2.45, 2.75) is 11.8 Å². The van der Waals surface area contributed by atoms with Crippen LogP contribution in [-0.4, -0.2) is 31.8 Å². The number of hydrogen-bond acceptors (Lipinski definition) is 4. The van der Waals surface area contributed by atoms with E-state index < -0.39 is 10.0 Å². The van der Waals surface area contributed by atoms with Crippen molar-refractivity contribution < 1.29 is 8.42 Å². The van der Waals surface area contributed by atoms with Crippen LogP contribution >= 0.6 is 0 Å². The molecule has 78 valence electrons. The van der Waals surface area contributed by atoms with Crippen LogP contribution in [0.2, 0.25) is 0 Å². The minimum atomic E-state index is -3.42. The third-order valence-corrected chi connectivity index (χ3v) is 3.79. The molecule has 0 aliphatic carbocycles. The van der Waals surface area contributed by atoms with Crippen molar-refractivity contribution in [3.63, 3.8) is 0 Å². The third-order valence-electron chi connectivity index (χ3n) is 1.83. The zero-order valence-electron chi connectivity index (χ0n) is 8.35. The number of nitrogens with two attached hydrogens (primary N) is 1. The summed E-state index contributed by atoms with van der Waals surface area (Å²) in [5.74, 6) is 0.205. The molecule has 0 spiro atoms. The van der Waals surface area contributed by atoms with Crippen molar-refractivity contribution in [3.8, 4) is 0 Å². The van der Waals surface area contributed by atoms with Gasteiger partial charge < -0.3 is 5.73 Å². The average Bonchev–Trinajstić information content (AvgIpc) is 2.08. The molecule has 1 rings (SSSR count). The van der Waals surface area contributed by atoms with Gasteiger partial charge in [0.25, 0.3) is 0 Å². The van der Waals surface area contributed by atoms with E-state index >= 15 is 0 Å². The summed E-state index contributed by atoms with van der Waals surface area (Å²) in [5.41, 5.74) is 6.02. The molecule has 0 atom stereocenters. The Hall–Kier alpha value is -1.14. The van der Waals surface area contributed by atoms with Gasteiger partial charge in [-0.25, -0.2) is 17.7 Å². The summed E-state index contributed by atoms with van der Waals surface area (Å²) in [4.78, 5) is 4.01. The number of nitrogen functional groups attached to an aromatic ring is 1. The van der Waals surface area contributed by atoms with E-state index in [1.807, 2.05) is 0 Å². The summed E-state index contributed by atoms with van der Waals surface area (Å²) >= 11 is 0.